The van der Waals surface area contributed by atoms with Crippen LogP contribution in [0.2, 0.25) is 0 Å². The number of imidazole rings is 1. The molecule has 32 heavy (non-hydrogen) atoms. The number of rotatable bonds is 8. The molecule has 7 heteroatoms. The highest BCUT2D eigenvalue weighted by atomic mass is 16.4. The molecule has 0 bridgehead atoms. The van der Waals surface area contributed by atoms with Crippen molar-refractivity contribution in [1.82, 2.24) is 29.6 Å². The van der Waals surface area contributed by atoms with Crippen molar-refractivity contribution in [1.29, 1.82) is 0 Å². The first-order valence-electron chi connectivity index (χ1n) is 11.5. The summed E-state index contributed by atoms with van der Waals surface area (Å²) in [7, 11) is 4.14. The van der Waals surface area contributed by atoms with Crippen molar-refractivity contribution in [3.63, 3.8) is 0 Å². The van der Waals surface area contributed by atoms with Crippen LogP contribution in [0.4, 0.5) is 0 Å². The van der Waals surface area contributed by atoms with Crippen LogP contribution in [0.25, 0.3) is 11.6 Å². The number of pyridine rings is 1. The zero-order valence-corrected chi connectivity index (χ0v) is 19.8. The lowest BCUT2D eigenvalue weighted by molar-refractivity contribution is 0.173. The van der Waals surface area contributed by atoms with Gasteiger partial charge in [-0.3, -0.25) is 4.98 Å². The molecule has 0 amide bonds. The zero-order chi connectivity index (χ0) is 22.7. The van der Waals surface area contributed by atoms with E-state index in [2.05, 4.69) is 65.0 Å². The smallest absolute Gasteiger partial charge is 0.265 e. The van der Waals surface area contributed by atoms with Gasteiger partial charge in [-0.2, -0.15) is 0 Å². The van der Waals surface area contributed by atoms with E-state index in [4.69, 9.17) is 4.42 Å². The van der Waals surface area contributed by atoms with E-state index < -0.39 is 0 Å². The Hall–Kier alpha value is -2.80. The Labute approximate surface area is 190 Å². The first kappa shape index (κ1) is 22.4. The van der Waals surface area contributed by atoms with Crippen LogP contribution < -0.4 is 0 Å². The molecule has 3 aromatic heterocycles. The molecule has 1 aliphatic carbocycles. The van der Waals surface area contributed by atoms with Crippen LogP contribution >= 0.6 is 0 Å². The molecule has 0 aromatic carbocycles. The van der Waals surface area contributed by atoms with E-state index in [1.165, 1.54) is 11.1 Å². The predicted molar refractivity (Wildman–Crippen MR) is 124 cm³/mol. The number of aromatic nitrogens is 5. The lowest BCUT2D eigenvalue weighted by atomic mass is 9.69. The number of allylic oxidation sites excluding steroid dienone is 1. The van der Waals surface area contributed by atoms with Gasteiger partial charge in [0.25, 0.3) is 5.89 Å². The first-order valence-corrected chi connectivity index (χ1v) is 11.5. The van der Waals surface area contributed by atoms with Crippen LogP contribution in [0.1, 0.15) is 38.6 Å². The van der Waals surface area contributed by atoms with Gasteiger partial charge in [-0.05, 0) is 55.7 Å². The molecular weight excluding hydrogens is 400 g/mol. The van der Waals surface area contributed by atoms with Gasteiger partial charge >= 0.3 is 0 Å². The molecule has 0 spiro atoms. The fourth-order valence-electron chi connectivity index (χ4n) is 4.93. The highest BCUT2D eigenvalue weighted by Crippen LogP contribution is 2.39. The number of aryl methyl sites for hydroxylation is 1. The van der Waals surface area contributed by atoms with Gasteiger partial charge in [-0.15, -0.1) is 10.2 Å². The summed E-state index contributed by atoms with van der Waals surface area (Å²) >= 11 is 0. The maximum atomic E-state index is 5.99. The van der Waals surface area contributed by atoms with Crippen LogP contribution in [-0.4, -0.2) is 43.2 Å². The average molecular weight is 435 g/mol. The summed E-state index contributed by atoms with van der Waals surface area (Å²) in [5.41, 5.74) is 3.53. The van der Waals surface area contributed by atoms with E-state index >= 15 is 0 Å². The highest BCUT2D eigenvalue weighted by molar-refractivity contribution is 5.44. The summed E-state index contributed by atoms with van der Waals surface area (Å²) in [6.07, 6.45) is 11.7. The summed E-state index contributed by atoms with van der Waals surface area (Å²) < 4.78 is 7.88. The predicted octanol–water partition coefficient (Wildman–Crippen LogP) is 4.39. The van der Waals surface area contributed by atoms with Gasteiger partial charge in [0, 0.05) is 39.0 Å². The SMILES string of the molecule is CC1=C[C@@H](CN(C)Cc2cccnc2)[C@H](C(C)C)C[C@H]1Cc1nnc(-c2cncn2C)o1. The number of hydrogen-bond donors (Lipinski definition) is 0. The van der Waals surface area contributed by atoms with Gasteiger partial charge in [0.2, 0.25) is 5.89 Å². The van der Waals surface area contributed by atoms with Gasteiger partial charge < -0.3 is 13.9 Å². The Morgan fingerprint density at radius 2 is 2.06 bits per heavy atom. The van der Waals surface area contributed by atoms with Crippen molar-refractivity contribution in [2.75, 3.05) is 13.6 Å². The van der Waals surface area contributed by atoms with E-state index in [0.717, 1.165) is 31.6 Å². The van der Waals surface area contributed by atoms with Crippen molar-refractivity contribution in [2.45, 2.75) is 40.2 Å². The molecule has 0 aliphatic heterocycles. The van der Waals surface area contributed by atoms with Crippen LogP contribution in [0.3, 0.4) is 0 Å². The highest BCUT2D eigenvalue weighted by Gasteiger charge is 2.33. The standard InChI is InChI=1S/C25H34N6O/c1-17(2)22-10-20(11-24-28-29-25(32-24)23-13-27-16-31(23)5)18(3)9-21(22)15-30(4)14-19-7-6-8-26-12-19/h6-9,12-13,16-17,20-22H,10-11,14-15H2,1-5H3/t20-,21-,22-/m0/s1. The van der Waals surface area contributed by atoms with Crippen LogP contribution in [0.5, 0.6) is 0 Å². The molecule has 1 aliphatic rings. The molecule has 0 unspecified atom stereocenters. The molecule has 0 saturated carbocycles. The third-order valence-electron chi connectivity index (χ3n) is 6.71. The van der Waals surface area contributed by atoms with Crippen molar-refractivity contribution in [2.24, 2.45) is 30.7 Å². The van der Waals surface area contributed by atoms with Crippen molar-refractivity contribution >= 4 is 0 Å². The van der Waals surface area contributed by atoms with E-state index in [1.807, 2.05) is 30.1 Å². The minimum Gasteiger partial charge on any atom is -0.419 e. The monoisotopic (exact) mass is 434 g/mol. The maximum Gasteiger partial charge on any atom is 0.265 e. The van der Waals surface area contributed by atoms with Gasteiger partial charge in [-0.1, -0.05) is 31.6 Å². The molecule has 3 atom stereocenters. The first-order chi connectivity index (χ1) is 15.4. The second kappa shape index (κ2) is 9.77. The Morgan fingerprint density at radius 3 is 2.75 bits per heavy atom. The summed E-state index contributed by atoms with van der Waals surface area (Å²) in [5.74, 6) is 3.45. The fraction of sp³-hybridized carbons (Fsp3) is 0.520. The molecule has 3 heterocycles. The normalized spacial score (nSPS) is 21.3. The minimum absolute atomic E-state index is 0.433. The second-order valence-corrected chi connectivity index (χ2v) is 9.57. The van der Waals surface area contributed by atoms with E-state index in [9.17, 15) is 0 Å². The zero-order valence-electron chi connectivity index (χ0n) is 19.8. The summed E-state index contributed by atoms with van der Waals surface area (Å²) in [6.45, 7) is 8.92. The Kier molecular flexibility index (Phi) is 6.84. The second-order valence-electron chi connectivity index (χ2n) is 9.57. The van der Waals surface area contributed by atoms with Crippen LogP contribution in [-0.2, 0) is 20.0 Å². The fourth-order valence-corrected chi connectivity index (χ4v) is 4.93. The number of nitrogens with zero attached hydrogens (tertiary/aromatic N) is 6. The van der Waals surface area contributed by atoms with Crippen LogP contribution in [0, 0.1) is 23.7 Å². The minimum atomic E-state index is 0.433. The molecular formula is C25H34N6O. The number of hydrogen-bond acceptors (Lipinski definition) is 6. The van der Waals surface area contributed by atoms with Crippen LogP contribution in [0.15, 0.2) is 53.1 Å². The van der Waals surface area contributed by atoms with Gasteiger partial charge in [0.05, 0.1) is 12.5 Å². The van der Waals surface area contributed by atoms with Crippen molar-refractivity contribution in [3.8, 4) is 11.6 Å². The van der Waals surface area contributed by atoms with Gasteiger partial charge in [-0.25, -0.2) is 4.98 Å². The maximum absolute atomic E-state index is 5.99. The molecule has 0 fully saturated rings. The summed E-state index contributed by atoms with van der Waals surface area (Å²) in [5, 5.41) is 8.58. The molecule has 0 N–H and O–H groups in total. The van der Waals surface area contributed by atoms with E-state index in [-0.39, 0.29) is 0 Å². The van der Waals surface area contributed by atoms with Gasteiger partial charge in [0.15, 0.2) is 0 Å². The molecule has 4 rings (SSSR count). The van der Waals surface area contributed by atoms with E-state index in [0.29, 0.717) is 35.5 Å². The summed E-state index contributed by atoms with van der Waals surface area (Å²) in [6, 6.07) is 4.15. The largest absolute Gasteiger partial charge is 0.419 e. The Morgan fingerprint density at radius 1 is 1.22 bits per heavy atom. The molecule has 0 radical (unpaired) electrons. The molecule has 7 nitrogen and oxygen atoms in total. The molecule has 170 valence electrons. The van der Waals surface area contributed by atoms with Gasteiger partial charge in [0.1, 0.15) is 5.69 Å². The van der Waals surface area contributed by atoms with E-state index in [1.54, 1.807) is 12.5 Å². The Balaban J connectivity index is 1.44. The lowest BCUT2D eigenvalue weighted by Gasteiger charge is -2.38. The molecule has 0 saturated heterocycles. The molecule has 3 aromatic rings. The summed E-state index contributed by atoms with van der Waals surface area (Å²) in [4.78, 5) is 10.8. The Bertz CT molecular complexity index is 1040. The third kappa shape index (κ3) is 5.15. The lowest BCUT2D eigenvalue weighted by Crippen LogP contribution is -2.35. The average Bonchev–Trinajstić information content (AvgIpc) is 3.39. The third-order valence-corrected chi connectivity index (χ3v) is 6.71. The quantitative estimate of drug-likeness (QED) is 0.490. The topological polar surface area (TPSA) is 72.9 Å². The van der Waals surface area contributed by atoms with Crippen molar-refractivity contribution in [3.05, 3.63) is 60.2 Å². The van der Waals surface area contributed by atoms with Crippen molar-refractivity contribution < 1.29 is 4.42 Å².